The molecule has 0 unspecified atom stereocenters. The zero-order valence-corrected chi connectivity index (χ0v) is 16.3. The van der Waals surface area contributed by atoms with E-state index in [0.29, 0.717) is 5.69 Å². The van der Waals surface area contributed by atoms with Gasteiger partial charge in [0.15, 0.2) is 0 Å². The Morgan fingerprint density at radius 1 is 1.04 bits per heavy atom. The van der Waals surface area contributed by atoms with Gasteiger partial charge in [-0.05, 0) is 47.8 Å². The van der Waals surface area contributed by atoms with Gasteiger partial charge in [0, 0.05) is 10.6 Å². The first-order chi connectivity index (χ1) is 12.9. The van der Waals surface area contributed by atoms with E-state index in [1.807, 2.05) is 0 Å². The van der Waals surface area contributed by atoms with Gasteiger partial charge in [0.1, 0.15) is 10.0 Å². The Morgan fingerprint density at radius 3 is 2.44 bits per heavy atom. The van der Waals surface area contributed by atoms with Crippen LogP contribution in [0.25, 0.3) is 0 Å². The highest BCUT2D eigenvalue weighted by Gasteiger charge is 2.15. The van der Waals surface area contributed by atoms with Crippen LogP contribution in [0.3, 0.4) is 0 Å². The molecule has 1 heterocycles. The summed E-state index contributed by atoms with van der Waals surface area (Å²) < 4.78 is 40.6. The van der Waals surface area contributed by atoms with E-state index in [1.54, 1.807) is 47.8 Å². The minimum atomic E-state index is -3.59. The topological polar surface area (TPSA) is 75.3 Å². The van der Waals surface area contributed by atoms with Gasteiger partial charge in [-0.1, -0.05) is 18.2 Å². The molecule has 9 heteroatoms. The Morgan fingerprint density at radius 2 is 1.78 bits per heavy atom. The molecule has 0 aliphatic carbocycles. The first kappa shape index (κ1) is 19.4. The third-order valence-corrected chi connectivity index (χ3v) is 7.18. The van der Waals surface area contributed by atoms with Gasteiger partial charge in [-0.2, -0.15) is 0 Å². The zero-order valence-electron chi connectivity index (χ0n) is 13.9. The van der Waals surface area contributed by atoms with Crippen molar-refractivity contribution in [1.29, 1.82) is 0 Å². The van der Waals surface area contributed by atoms with Crippen molar-refractivity contribution in [2.75, 3.05) is 15.8 Å². The molecule has 3 aromatic rings. The lowest BCUT2D eigenvalue weighted by atomic mass is 10.3. The molecular weight excluding hydrogens is 407 g/mol. The fourth-order valence-electron chi connectivity index (χ4n) is 2.14. The van der Waals surface area contributed by atoms with E-state index in [9.17, 15) is 17.6 Å². The fourth-order valence-corrected chi connectivity index (χ4v) is 4.89. The van der Waals surface area contributed by atoms with Crippen LogP contribution in [-0.2, 0) is 14.8 Å². The molecule has 0 saturated carbocycles. The summed E-state index contributed by atoms with van der Waals surface area (Å²) in [4.78, 5) is 12.7. The standard InChI is InChI=1S/C18H15FN2O3S3/c19-15-4-1-2-5-16(15)20-17(22)12-26-14-9-7-13(8-10-14)21-27(23,24)18-6-3-11-25-18/h1-11,21H,12H2,(H,20,22). The monoisotopic (exact) mass is 422 g/mol. The second-order valence-corrected chi connectivity index (χ2v) is 9.28. The van der Waals surface area contributed by atoms with Crippen LogP contribution in [0.1, 0.15) is 0 Å². The Balaban J connectivity index is 1.55. The zero-order chi connectivity index (χ0) is 19.3. The van der Waals surface area contributed by atoms with Crippen LogP contribution in [0.15, 0.2) is 75.1 Å². The number of amides is 1. The number of hydrogen-bond donors (Lipinski definition) is 2. The maximum atomic E-state index is 13.5. The molecule has 0 spiro atoms. The van der Waals surface area contributed by atoms with Crippen LogP contribution >= 0.6 is 23.1 Å². The number of thiophene rings is 1. The molecule has 0 aliphatic rings. The van der Waals surface area contributed by atoms with Crippen molar-refractivity contribution in [2.24, 2.45) is 0 Å². The van der Waals surface area contributed by atoms with E-state index in [2.05, 4.69) is 10.0 Å². The van der Waals surface area contributed by atoms with Gasteiger partial charge in [-0.15, -0.1) is 23.1 Å². The van der Waals surface area contributed by atoms with Crippen molar-refractivity contribution in [3.8, 4) is 0 Å². The molecule has 0 bridgehead atoms. The second-order valence-electron chi connectivity index (χ2n) is 5.38. The molecule has 1 aromatic heterocycles. The van der Waals surface area contributed by atoms with Gasteiger partial charge < -0.3 is 5.32 Å². The van der Waals surface area contributed by atoms with Gasteiger partial charge in [0.25, 0.3) is 10.0 Å². The quantitative estimate of drug-likeness (QED) is 0.553. The number of thioether (sulfide) groups is 1. The lowest BCUT2D eigenvalue weighted by Gasteiger charge is -2.08. The number of sulfonamides is 1. The SMILES string of the molecule is O=C(CSc1ccc(NS(=O)(=O)c2cccs2)cc1)Nc1ccccc1F. The Hall–Kier alpha value is -2.36. The van der Waals surface area contributed by atoms with Crippen LogP contribution in [0, 0.1) is 5.82 Å². The number of benzene rings is 2. The second kappa shape index (κ2) is 8.55. The van der Waals surface area contributed by atoms with Crippen molar-refractivity contribution in [2.45, 2.75) is 9.10 Å². The van der Waals surface area contributed by atoms with Crippen LogP contribution in [0.2, 0.25) is 0 Å². The van der Waals surface area contributed by atoms with Crippen molar-refractivity contribution in [1.82, 2.24) is 0 Å². The lowest BCUT2D eigenvalue weighted by molar-refractivity contribution is -0.113. The summed E-state index contributed by atoms with van der Waals surface area (Å²) in [6, 6.07) is 15.8. The number of halogens is 1. The highest BCUT2D eigenvalue weighted by atomic mass is 32.2. The van der Waals surface area contributed by atoms with Gasteiger partial charge in [-0.25, -0.2) is 12.8 Å². The molecule has 0 aliphatic heterocycles. The number of carbonyl (C=O) groups excluding carboxylic acids is 1. The summed E-state index contributed by atoms with van der Waals surface area (Å²) in [6.07, 6.45) is 0. The van der Waals surface area contributed by atoms with Gasteiger partial charge in [0.05, 0.1) is 11.4 Å². The van der Waals surface area contributed by atoms with Crippen LogP contribution in [-0.4, -0.2) is 20.1 Å². The molecule has 1 amide bonds. The van der Waals surface area contributed by atoms with Crippen LogP contribution in [0.4, 0.5) is 15.8 Å². The Bertz CT molecular complexity index is 1020. The molecule has 2 N–H and O–H groups in total. The number of hydrogen-bond acceptors (Lipinski definition) is 5. The summed E-state index contributed by atoms with van der Waals surface area (Å²) in [7, 11) is -3.59. The normalized spacial score (nSPS) is 11.1. The highest BCUT2D eigenvalue weighted by molar-refractivity contribution is 8.00. The van der Waals surface area contributed by atoms with Crippen molar-refractivity contribution < 1.29 is 17.6 Å². The Labute approximate surface area is 164 Å². The molecule has 0 saturated heterocycles. The summed E-state index contributed by atoms with van der Waals surface area (Å²) in [5.41, 5.74) is 0.574. The van der Waals surface area contributed by atoms with Crippen LogP contribution < -0.4 is 10.0 Å². The first-order valence-corrected chi connectivity index (χ1v) is 11.1. The average Bonchev–Trinajstić information content (AvgIpc) is 3.19. The third-order valence-electron chi connectivity index (χ3n) is 3.38. The molecule has 27 heavy (non-hydrogen) atoms. The average molecular weight is 423 g/mol. The van der Waals surface area contributed by atoms with E-state index in [4.69, 9.17) is 0 Å². The third kappa shape index (κ3) is 5.31. The molecule has 5 nitrogen and oxygen atoms in total. The molecule has 0 atom stereocenters. The van der Waals surface area contributed by atoms with Crippen molar-refractivity contribution in [3.05, 3.63) is 71.9 Å². The summed E-state index contributed by atoms with van der Waals surface area (Å²) in [6.45, 7) is 0. The van der Waals surface area contributed by atoms with E-state index in [1.165, 1.54) is 30.0 Å². The van der Waals surface area contributed by atoms with Gasteiger partial charge in [-0.3, -0.25) is 9.52 Å². The van der Waals surface area contributed by atoms with E-state index in [-0.39, 0.29) is 21.6 Å². The number of para-hydroxylation sites is 1. The molecular formula is C18H15FN2O3S3. The predicted molar refractivity (Wildman–Crippen MR) is 107 cm³/mol. The molecule has 2 aromatic carbocycles. The van der Waals surface area contributed by atoms with Crippen LogP contribution in [0.5, 0.6) is 0 Å². The number of anilines is 2. The van der Waals surface area contributed by atoms with Gasteiger partial charge >= 0.3 is 0 Å². The highest BCUT2D eigenvalue weighted by Crippen LogP contribution is 2.24. The lowest BCUT2D eigenvalue weighted by Crippen LogP contribution is -2.15. The molecule has 3 rings (SSSR count). The fraction of sp³-hybridized carbons (Fsp3) is 0.0556. The first-order valence-electron chi connectivity index (χ1n) is 7.77. The maximum Gasteiger partial charge on any atom is 0.271 e. The number of nitrogens with one attached hydrogen (secondary N) is 2. The largest absolute Gasteiger partial charge is 0.323 e. The number of rotatable bonds is 7. The minimum Gasteiger partial charge on any atom is -0.323 e. The van der Waals surface area contributed by atoms with E-state index >= 15 is 0 Å². The van der Waals surface area contributed by atoms with E-state index < -0.39 is 15.8 Å². The van der Waals surface area contributed by atoms with E-state index in [0.717, 1.165) is 16.2 Å². The number of carbonyl (C=O) groups is 1. The molecule has 0 radical (unpaired) electrons. The minimum absolute atomic E-state index is 0.106. The Kier molecular flexibility index (Phi) is 6.15. The molecule has 140 valence electrons. The van der Waals surface area contributed by atoms with Gasteiger partial charge in [0.2, 0.25) is 5.91 Å². The maximum absolute atomic E-state index is 13.5. The summed E-state index contributed by atoms with van der Waals surface area (Å²) in [5.74, 6) is -0.708. The summed E-state index contributed by atoms with van der Waals surface area (Å²) >= 11 is 2.41. The predicted octanol–water partition coefficient (Wildman–Crippen LogP) is 4.42. The summed E-state index contributed by atoms with van der Waals surface area (Å²) in [5, 5.41) is 4.21. The smallest absolute Gasteiger partial charge is 0.271 e. The van der Waals surface area contributed by atoms with Crippen molar-refractivity contribution in [3.63, 3.8) is 0 Å². The molecule has 0 fully saturated rings. The van der Waals surface area contributed by atoms with Crippen molar-refractivity contribution >= 4 is 50.4 Å².